The van der Waals surface area contributed by atoms with E-state index in [1.54, 1.807) is 32.0 Å². The van der Waals surface area contributed by atoms with Crippen LogP contribution < -0.4 is 5.32 Å². The van der Waals surface area contributed by atoms with Gasteiger partial charge in [-0.1, -0.05) is 6.08 Å². The average molecular weight is 225 g/mol. The quantitative estimate of drug-likeness (QED) is 0.642. The standard InChI is InChI=1S/C11H19N3O2/c1-4-5-10(15)14-7-6-12-8-9(14)11(16)13(2)3/h4-5,9,12H,6-8H2,1-3H3/b5-4+. The van der Waals surface area contributed by atoms with Crippen LogP contribution in [0.2, 0.25) is 0 Å². The first-order valence-electron chi connectivity index (χ1n) is 5.43. The molecule has 1 fully saturated rings. The SMILES string of the molecule is C/C=C/C(=O)N1CCNCC1C(=O)N(C)C. The zero-order valence-corrected chi connectivity index (χ0v) is 10.1. The van der Waals surface area contributed by atoms with E-state index in [0.29, 0.717) is 13.1 Å². The van der Waals surface area contributed by atoms with Gasteiger partial charge in [0.2, 0.25) is 11.8 Å². The summed E-state index contributed by atoms with van der Waals surface area (Å²) in [6, 6.07) is -0.382. The molecular formula is C11H19N3O2. The highest BCUT2D eigenvalue weighted by Gasteiger charge is 2.31. The number of carbonyl (C=O) groups excluding carboxylic acids is 2. The van der Waals surface area contributed by atoms with Gasteiger partial charge in [0.15, 0.2) is 0 Å². The molecule has 0 aromatic rings. The number of nitrogens with zero attached hydrogens (tertiary/aromatic N) is 2. The molecule has 5 nitrogen and oxygen atoms in total. The summed E-state index contributed by atoms with van der Waals surface area (Å²) in [5, 5.41) is 3.13. The Hall–Kier alpha value is -1.36. The smallest absolute Gasteiger partial charge is 0.246 e. The maximum atomic E-state index is 11.9. The average Bonchev–Trinajstić information content (AvgIpc) is 2.28. The molecule has 0 aromatic heterocycles. The molecular weight excluding hydrogens is 206 g/mol. The lowest BCUT2D eigenvalue weighted by Crippen LogP contribution is -2.59. The molecule has 0 aliphatic carbocycles. The third-order valence-corrected chi connectivity index (χ3v) is 2.56. The van der Waals surface area contributed by atoms with Crippen molar-refractivity contribution in [3.63, 3.8) is 0 Å². The first-order chi connectivity index (χ1) is 7.57. The van der Waals surface area contributed by atoms with Crippen molar-refractivity contribution in [1.29, 1.82) is 0 Å². The van der Waals surface area contributed by atoms with Gasteiger partial charge in [-0.25, -0.2) is 0 Å². The molecule has 1 N–H and O–H groups in total. The lowest BCUT2D eigenvalue weighted by Gasteiger charge is -2.35. The molecule has 1 heterocycles. The molecule has 0 aromatic carbocycles. The summed E-state index contributed by atoms with van der Waals surface area (Å²) in [5.74, 6) is -0.130. The maximum absolute atomic E-state index is 11.9. The molecule has 1 aliphatic heterocycles. The summed E-state index contributed by atoms with van der Waals surface area (Å²) in [6.07, 6.45) is 3.20. The Morgan fingerprint density at radius 3 is 2.69 bits per heavy atom. The first kappa shape index (κ1) is 12.7. The van der Waals surface area contributed by atoms with Crippen molar-refractivity contribution < 1.29 is 9.59 Å². The molecule has 16 heavy (non-hydrogen) atoms. The summed E-state index contributed by atoms with van der Waals surface area (Å²) >= 11 is 0. The van der Waals surface area contributed by atoms with Crippen LogP contribution in [0.15, 0.2) is 12.2 Å². The van der Waals surface area contributed by atoms with Gasteiger partial charge in [0.25, 0.3) is 0 Å². The number of hydrogen-bond acceptors (Lipinski definition) is 3. The fourth-order valence-corrected chi connectivity index (χ4v) is 1.73. The van der Waals surface area contributed by atoms with Gasteiger partial charge in [-0.2, -0.15) is 0 Å². The summed E-state index contributed by atoms with van der Waals surface area (Å²) in [6.45, 7) is 3.64. The number of rotatable bonds is 2. The number of amides is 2. The van der Waals surface area contributed by atoms with Crippen molar-refractivity contribution in [1.82, 2.24) is 15.1 Å². The van der Waals surface area contributed by atoms with Crippen LogP contribution >= 0.6 is 0 Å². The Bertz CT molecular complexity index is 300. The zero-order valence-electron chi connectivity index (χ0n) is 10.1. The molecule has 5 heteroatoms. The monoisotopic (exact) mass is 225 g/mol. The predicted molar refractivity (Wildman–Crippen MR) is 61.9 cm³/mol. The second-order valence-corrected chi connectivity index (χ2v) is 3.98. The molecule has 0 radical (unpaired) electrons. The highest BCUT2D eigenvalue weighted by Crippen LogP contribution is 2.07. The lowest BCUT2D eigenvalue weighted by molar-refractivity contribution is -0.142. The van der Waals surface area contributed by atoms with Gasteiger partial charge in [0.1, 0.15) is 6.04 Å². The summed E-state index contributed by atoms with van der Waals surface area (Å²) < 4.78 is 0. The molecule has 1 atom stereocenters. The minimum atomic E-state index is -0.382. The van der Waals surface area contributed by atoms with E-state index in [0.717, 1.165) is 6.54 Å². The van der Waals surface area contributed by atoms with E-state index in [1.807, 2.05) is 0 Å². The Labute approximate surface area is 96.1 Å². The molecule has 1 saturated heterocycles. The predicted octanol–water partition coefficient (Wildman–Crippen LogP) is -0.549. The van der Waals surface area contributed by atoms with Crippen molar-refractivity contribution in [2.24, 2.45) is 0 Å². The van der Waals surface area contributed by atoms with E-state index in [2.05, 4.69) is 5.32 Å². The fraction of sp³-hybridized carbons (Fsp3) is 0.636. The fourth-order valence-electron chi connectivity index (χ4n) is 1.73. The van der Waals surface area contributed by atoms with Gasteiger partial charge >= 0.3 is 0 Å². The van der Waals surface area contributed by atoms with Crippen LogP contribution in [0, 0.1) is 0 Å². The largest absolute Gasteiger partial charge is 0.347 e. The molecule has 1 rings (SSSR count). The van der Waals surface area contributed by atoms with Crippen molar-refractivity contribution in [3.05, 3.63) is 12.2 Å². The normalized spacial score (nSPS) is 21.2. The van der Waals surface area contributed by atoms with Gasteiger partial charge in [-0.15, -0.1) is 0 Å². The highest BCUT2D eigenvalue weighted by molar-refractivity contribution is 5.93. The van der Waals surface area contributed by atoms with Gasteiger partial charge in [-0.3, -0.25) is 9.59 Å². The van der Waals surface area contributed by atoms with Crippen LogP contribution in [-0.2, 0) is 9.59 Å². The molecule has 1 unspecified atom stereocenters. The number of carbonyl (C=O) groups is 2. The van der Waals surface area contributed by atoms with Crippen molar-refractivity contribution in [2.45, 2.75) is 13.0 Å². The number of nitrogens with one attached hydrogen (secondary N) is 1. The summed E-state index contributed by atoms with van der Waals surface area (Å²) in [7, 11) is 3.41. The summed E-state index contributed by atoms with van der Waals surface area (Å²) in [5.41, 5.74) is 0. The van der Waals surface area contributed by atoms with Crippen molar-refractivity contribution in [3.8, 4) is 0 Å². The van der Waals surface area contributed by atoms with Crippen LogP contribution in [0.25, 0.3) is 0 Å². The Balaban J connectivity index is 2.78. The van der Waals surface area contributed by atoms with Gasteiger partial charge in [-0.05, 0) is 13.0 Å². The zero-order chi connectivity index (χ0) is 12.1. The Kier molecular flexibility index (Phi) is 4.49. The van der Waals surface area contributed by atoms with Crippen molar-refractivity contribution in [2.75, 3.05) is 33.7 Å². The van der Waals surface area contributed by atoms with E-state index in [4.69, 9.17) is 0 Å². The summed E-state index contributed by atoms with van der Waals surface area (Å²) in [4.78, 5) is 26.8. The third-order valence-electron chi connectivity index (χ3n) is 2.56. The van der Waals surface area contributed by atoms with Crippen molar-refractivity contribution >= 4 is 11.8 Å². The van der Waals surface area contributed by atoms with E-state index in [-0.39, 0.29) is 17.9 Å². The minimum absolute atomic E-state index is 0.0370. The molecule has 0 bridgehead atoms. The minimum Gasteiger partial charge on any atom is -0.347 e. The molecule has 90 valence electrons. The number of allylic oxidation sites excluding steroid dienone is 1. The number of likely N-dealkylation sites (N-methyl/N-ethyl adjacent to an activating group) is 1. The highest BCUT2D eigenvalue weighted by atomic mass is 16.2. The van der Waals surface area contributed by atoms with Crippen LogP contribution in [0.5, 0.6) is 0 Å². The third kappa shape index (κ3) is 2.82. The first-order valence-corrected chi connectivity index (χ1v) is 5.43. The van der Waals surface area contributed by atoms with Gasteiger partial charge in [0, 0.05) is 33.7 Å². The van der Waals surface area contributed by atoms with E-state index in [9.17, 15) is 9.59 Å². The maximum Gasteiger partial charge on any atom is 0.246 e. The number of piperazine rings is 1. The Morgan fingerprint density at radius 1 is 1.44 bits per heavy atom. The van der Waals surface area contributed by atoms with E-state index in [1.165, 1.54) is 11.0 Å². The van der Waals surface area contributed by atoms with Gasteiger partial charge < -0.3 is 15.1 Å². The molecule has 2 amide bonds. The van der Waals surface area contributed by atoms with E-state index < -0.39 is 0 Å². The number of hydrogen-bond donors (Lipinski definition) is 1. The van der Waals surface area contributed by atoms with E-state index >= 15 is 0 Å². The molecule has 0 spiro atoms. The van der Waals surface area contributed by atoms with Crippen LogP contribution in [0.4, 0.5) is 0 Å². The molecule has 1 aliphatic rings. The van der Waals surface area contributed by atoms with Gasteiger partial charge in [0.05, 0.1) is 0 Å². The van der Waals surface area contributed by atoms with Crippen LogP contribution in [0.3, 0.4) is 0 Å². The second kappa shape index (κ2) is 5.65. The lowest BCUT2D eigenvalue weighted by atomic mass is 10.1. The Morgan fingerprint density at radius 2 is 2.12 bits per heavy atom. The topological polar surface area (TPSA) is 52.7 Å². The second-order valence-electron chi connectivity index (χ2n) is 3.98. The van der Waals surface area contributed by atoms with Crippen LogP contribution in [0.1, 0.15) is 6.92 Å². The van der Waals surface area contributed by atoms with Crippen LogP contribution in [-0.4, -0.2) is 61.4 Å². The molecule has 0 saturated carbocycles.